The molecule has 0 fully saturated rings. The van der Waals surface area contributed by atoms with Crippen molar-refractivity contribution >= 4 is 39.0 Å². The van der Waals surface area contributed by atoms with Crippen LogP contribution in [0.4, 0.5) is 17.1 Å². The number of hydrogen-bond acceptors (Lipinski definition) is 2. The summed E-state index contributed by atoms with van der Waals surface area (Å²) in [6.07, 6.45) is 0. The molecule has 10 rings (SSSR count). The highest BCUT2D eigenvalue weighted by Gasteiger charge is 2.16. The summed E-state index contributed by atoms with van der Waals surface area (Å²) in [5.74, 6) is 0. The monoisotopic (exact) mass is 715 g/mol. The summed E-state index contributed by atoms with van der Waals surface area (Å²) < 4.78 is 6.15. The zero-order chi connectivity index (χ0) is 37.3. The molecular formula is C54H37NO. The van der Waals surface area contributed by atoms with Crippen LogP contribution in [-0.4, -0.2) is 0 Å². The Labute approximate surface area is 327 Å². The SMILES string of the molecule is c1ccc(-c2ccc(-c3ccc(N(c4ccc(-c5ccc(-c6ccccc6)cc5)cc4)c4cccc(-c5ccc6oc7ccccc7c6c5)c4)cc3)cc2)cc1. The van der Waals surface area contributed by atoms with Crippen LogP contribution in [0.1, 0.15) is 0 Å². The van der Waals surface area contributed by atoms with Crippen LogP contribution in [0.15, 0.2) is 229 Å². The van der Waals surface area contributed by atoms with Gasteiger partial charge in [-0.15, -0.1) is 0 Å². The molecular weight excluding hydrogens is 679 g/mol. The topological polar surface area (TPSA) is 16.4 Å². The minimum atomic E-state index is 0.900. The molecule has 0 N–H and O–H groups in total. The van der Waals surface area contributed by atoms with E-state index in [1.165, 1.54) is 44.5 Å². The van der Waals surface area contributed by atoms with Gasteiger partial charge in [0.15, 0.2) is 0 Å². The van der Waals surface area contributed by atoms with Gasteiger partial charge in [0, 0.05) is 27.8 Å². The van der Waals surface area contributed by atoms with E-state index in [0.29, 0.717) is 0 Å². The maximum atomic E-state index is 6.15. The summed E-state index contributed by atoms with van der Waals surface area (Å²) in [6.45, 7) is 0. The molecule has 0 saturated heterocycles. The summed E-state index contributed by atoms with van der Waals surface area (Å²) in [5.41, 5.74) is 17.0. The van der Waals surface area contributed by atoms with Gasteiger partial charge in [-0.3, -0.25) is 0 Å². The number of furan rings is 1. The zero-order valence-electron chi connectivity index (χ0n) is 30.7. The number of benzene rings is 9. The van der Waals surface area contributed by atoms with Crippen molar-refractivity contribution in [3.8, 4) is 55.6 Å². The predicted molar refractivity (Wildman–Crippen MR) is 236 cm³/mol. The Balaban J connectivity index is 1.01. The first-order chi connectivity index (χ1) is 27.7. The Morgan fingerprint density at radius 3 is 1.12 bits per heavy atom. The third kappa shape index (κ3) is 6.44. The van der Waals surface area contributed by atoms with Crippen molar-refractivity contribution in [3.05, 3.63) is 224 Å². The zero-order valence-corrected chi connectivity index (χ0v) is 30.7. The molecule has 2 heteroatoms. The Morgan fingerprint density at radius 1 is 0.232 bits per heavy atom. The predicted octanol–water partition coefficient (Wildman–Crippen LogP) is 15.4. The average molecular weight is 716 g/mol. The van der Waals surface area contributed by atoms with E-state index in [0.717, 1.165) is 50.1 Å². The molecule has 0 spiro atoms. The molecule has 56 heavy (non-hydrogen) atoms. The second-order valence-electron chi connectivity index (χ2n) is 14.2. The average Bonchev–Trinajstić information content (AvgIpc) is 3.66. The van der Waals surface area contributed by atoms with Crippen molar-refractivity contribution in [2.75, 3.05) is 4.90 Å². The van der Waals surface area contributed by atoms with Crippen LogP contribution in [0.5, 0.6) is 0 Å². The number of nitrogens with zero attached hydrogens (tertiary/aromatic N) is 1. The molecule has 0 atom stereocenters. The second-order valence-corrected chi connectivity index (χ2v) is 14.2. The summed E-state index contributed by atoms with van der Waals surface area (Å²) in [5, 5.41) is 2.26. The minimum Gasteiger partial charge on any atom is -0.456 e. The molecule has 264 valence electrons. The summed E-state index contributed by atoms with van der Waals surface area (Å²) in [7, 11) is 0. The molecule has 9 aromatic carbocycles. The van der Waals surface area contributed by atoms with Crippen molar-refractivity contribution in [1.82, 2.24) is 0 Å². The molecule has 0 saturated carbocycles. The highest BCUT2D eigenvalue weighted by molar-refractivity contribution is 6.06. The molecule has 0 aliphatic heterocycles. The summed E-state index contributed by atoms with van der Waals surface area (Å²) in [4.78, 5) is 2.35. The molecule has 1 aromatic heterocycles. The van der Waals surface area contributed by atoms with Gasteiger partial charge < -0.3 is 9.32 Å². The van der Waals surface area contributed by atoms with Crippen molar-refractivity contribution in [3.63, 3.8) is 0 Å². The quantitative estimate of drug-likeness (QED) is 0.156. The summed E-state index contributed by atoms with van der Waals surface area (Å²) >= 11 is 0. The fourth-order valence-corrected chi connectivity index (χ4v) is 7.75. The number of para-hydroxylation sites is 1. The molecule has 0 aliphatic rings. The van der Waals surface area contributed by atoms with Crippen LogP contribution in [-0.2, 0) is 0 Å². The van der Waals surface area contributed by atoms with Crippen LogP contribution < -0.4 is 4.90 Å². The van der Waals surface area contributed by atoms with Crippen LogP contribution in [0.2, 0.25) is 0 Å². The second kappa shape index (κ2) is 14.4. The highest BCUT2D eigenvalue weighted by atomic mass is 16.3. The van der Waals surface area contributed by atoms with E-state index in [1.807, 2.05) is 12.1 Å². The van der Waals surface area contributed by atoms with Crippen molar-refractivity contribution in [1.29, 1.82) is 0 Å². The number of fused-ring (bicyclic) bond motifs is 3. The van der Waals surface area contributed by atoms with Crippen LogP contribution >= 0.6 is 0 Å². The van der Waals surface area contributed by atoms with E-state index in [4.69, 9.17) is 4.42 Å². The van der Waals surface area contributed by atoms with Crippen molar-refractivity contribution < 1.29 is 4.42 Å². The van der Waals surface area contributed by atoms with Gasteiger partial charge in [0.25, 0.3) is 0 Å². The summed E-state index contributed by atoms with van der Waals surface area (Å²) in [6, 6.07) is 80.1. The Hall–Kier alpha value is -7.42. The maximum Gasteiger partial charge on any atom is 0.135 e. The van der Waals surface area contributed by atoms with E-state index in [9.17, 15) is 0 Å². The number of anilines is 3. The van der Waals surface area contributed by atoms with Gasteiger partial charge >= 0.3 is 0 Å². The molecule has 0 amide bonds. The van der Waals surface area contributed by atoms with Gasteiger partial charge in [-0.25, -0.2) is 0 Å². The van der Waals surface area contributed by atoms with Crippen LogP contribution in [0.3, 0.4) is 0 Å². The van der Waals surface area contributed by atoms with E-state index in [-0.39, 0.29) is 0 Å². The van der Waals surface area contributed by atoms with Gasteiger partial charge in [0.1, 0.15) is 11.2 Å². The number of hydrogen-bond donors (Lipinski definition) is 0. The van der Waals surface area contributed by atoms with E-state index >= 15 is 0 Å². The fourth-order valence-electron chi connectivity index (χ4n) is 7.75. The lowest BCUT2D eigenvalue weighted by Gasteiger charge is -2.26. The van der Waals surface area contributed by atoms with E-state index in [2.05, 4.69) is 217 Å². The van der Waals surface area contributed by atoms with Gasteiger partial charge in [-0.05, 0) is 110 Å². The lowest BCUT2D eigenvalue weighted by Crippen LogP contribution is -2.10. The van der Waals surface area contributed by atoms with Gasteiger partial charge in [0.2, 0.25) is 0 Å². The Bertz CT molecular complexity index is 2780. The molecule has 0 aliphatic carbocycles. The molecule has 2 nitrogen and oxygen atoms in total. The van der Waals surface area contributed by atoms with Crippen molar-refractivity contribution in [2.24, 2.45) is 0 Å². The van der Waals surface area contributed by atoms with E-state index in [1.54, 1.807) is 0 Å². The smallest absolute Gasteiger partial charge is 0.135 e. The largest absolute Gasteiger partial charge is 0.456 e. The molecule has 0 bridgehead atoms. The van der Waals surface area contributed by atoms with Crippen LogP contribution in [0, 0.1) is 0 Å². The first kappa shape index (κ1) is 33.2. The third-order valence-corrected chi connectivity index (χ3v) is 10.7. The number of rotatable bonds is 8. The molecule has 10 aromatic rings. The molecule has 1 heterocycles. The molecule has 0 unspecified atom stereocenters. The highest BCUT2D eigenvalue weighted by Crippen LogP contribution is 2.40. The van der Waals surface area contributed by atoms with E-state index < -0.39 is 0 Å². The first-order valence-corrected chi connectivity index (χ1v) is 19.1. The lowest BCUT2D eigenvalue weighted by atomic mass is 9.99. The van der Waals surface area contributed by atoms with Gasteiger partial charge in [-0.2, -0.15) is 0 Å². The minimum absolute atomic E-state index is 0.900. The Morgan fingerprint density at radius 2 is 0.607 bits per heavy atom. The van der Waals surface area contributed by atoms with Gasteiger partial charge in [-0.1, -0.05) is 170 Å². The lowest BCUT2D eigenvalue weighted by molar-refractivity contribution is 0.669. The first-order valence-electron chi connectivity index (χ1n) is 19.1. The standard InChI is InChI=1S/C54H37NO/c1-3-10-38(11-4-1)40-18-22-42(23-19-40)44-26-31-48(32-27-44)55(49-33-28-45(29-34-49)43-24-20-41(21-25-43)39-12-5-2-6-13-39)50-15-9-14-46(36-50)47-30-35-54-52(37-47)51-16-7-8-17-53(51)56-54/h1-37H. The fraction of sp³-hybridized carbons (Fsp3) is 0. The third-order valence-electron chi connectivity index (χ3n) is 10.7. The normalized spacial score (nSPS) is 11.2. The maximum absolute atomic E-state index is 6.15. The molecule has 0 radical (unpaired) electrons. The Kier molecular flexibility index (Phi) is 8.55. The van der Waals surface area contributed by atoms with Crippen molar-refractivity contribution in [2.45, 2.75) is 0 Å². The van der Waals surface area contributed by atoms with Gasteiger partial charge in [0.05, 0.1) is 0 Å². The van der Waals surface area contributed by atoms with Crippen LogP contribution in [0.25, 0.3) is 77.6 Å².